The number of nitrogens with one attached hydrogen (secondary N) is 1. The number of nitrogens with zero attached hydrogens (tertiary/aromatic N) is 2. The molecule has 2 saturated carbocycles. The number of hydrogen-bond donors (Lipinski definition) is 2. The van der Waals surface area contributed by atoms with E-state index in [1.807, 2.05) is 0 Å². The summed E-state index contributed by atoms with van der Waals surface area (Å²) in [6, 6.07) is 3.13. The van der Waals surface area contributed by atoms with Crippen LogP contribution in [0.2, 0.25) is 0 Å². The van der Waals surface area contributed by atoms with Crippen LogP contribution in [-0.4, -0.2) is 44.8 Å². The molecule has 8 nitrogen and oxygen atoms in total. The molecule has 2 aliphatic heterocycles. The molecule has 1 saturated heterocycles. The van der Waals surface area contributed by atoms with Crippen molar-refractivity contribution in [2.75, 3.05) is 0 Å². The maximum Gasteiger partial charge on any atom is 0.276 e. The minimum absolute atomic E-state index is 0.00319. The second-order valence-electron chi connectivity index (χ2n) is 9.63. The lowest BCUT2D eigenvalue weighted by Gasteiger charge is -2.50. The molecule has 3 atom stereocenters. The molecular formula is C24H23F2N3O5. The Bertz CT molecular complexity index is 1290. The molecule has 2 aliphatic carbocycles. The zero-order valence-corrected chi connectivity index (χ0v) is 18.2. The lowest BCUT2D eigenvalue weighted by atomic mass is 9.89. The SMILES string of the molecule is O=C(NC1(c2ccc(F)cc2F)CC1)c1cn2c(c(O)c1=O)C(=O)N1C(C2)OC2CCC[C@H]1C2. The number of carbonyl (C=O) groups excluding carboxylic acids is 2. The first-order chi connectivity index (χ1) is 16.3. The van der Waals surface area contributed by atoms with E-state index < -0.39 is 46.4 Å². The summed E-state index contributed by atoms with van der Waals surface area (Å²) in [5, 5.41) is 13.3. The number of hydrogen-bond acceptors (Lipinski definition) is 5. The van der Waals surface area contributed by atoms with E-state index >= 15 is 0 Å². The number of amides is 2. The highest BCUT2D eigenvalue weighted by Crippen LogP contribution is 2.46. The first kappa shape index (κ1) is 21.3. The van der Waals surface area contributed by atoms with Crippen LogP contribution < -0.4 is 10.7 Å². The van der Waals surface area contributed by atoms with Gasteiger partial charge in [-0.05, 0) is 44.6 Å². The molecule has 4 aliphatic rings. The van der Waals surface area contributed by atoms with Gasteiger partial charge < -0.3 is 24.6 Å². The number of aromatic nitrogens is 1. The molecule has 2 unspecified atom stereocenters. The smallest absolute Gasteiger partial charge is 0.276 e. The summed E-state index contributed by atoms with van der Waals surface area (Å²) in [6.07, 6.45) is 5.07. The Morgan fingerprint density at radius 2 is 2.00 bits per heavy atom. The van der Waals surface area contributed by atoms with Crippen molar-refractivity contribution >= 4 is 11.8 Å². The van der Waals surface area contributed by atoms with Gasteiger partial charge in [-0.15, -0.1) is 0 Å². The van der Waals surface area contributed by atoms with Gasteiger partial charge >= 0.3 is 0 Å². The molecule has 6 rings (SSSR count). The number of fused-ring (bicyclic) bond motifs is 5. The van der Waals surface area contributed by atoms with Crippen LogP contribution in [0.1, 0.15) is 64.9 Å². The van der Waals surface area contributed by atoms with Gasteiger partial charge in [0.05, 0.1) is 18.2 Å². The maximum absolute atomic E-state index is 14.4. The molecule has 178 valence electrons. The number of rotatable bonds is 3. The van der Waals surface area contributed by atoms with Crippen LogP contribution in [0.15, 0.2) is 29.2 Å². The van der Waals surface area contributed by atoms with Gasteiger partial charge in [0.2, 0.25) is 5.43 Å². The van der Waals surface area contributed by atoms with Crippen molar-refractivity contribution in [2.24, 2.45) is 0 Å². The van der Waals surface area contributed by atoms with Crippen LogP contribution >= 0.6 is 0 Å². The van der Waals surface area contributed by atoms with Crippen molar-refractivity contribution in [3.05, 3.63) is 63.1 Å². The van der Waals surface area contributed by atoms with Crippen LogP contribution in [0, 0.1) is 11.6 Å². The molecule has 2 bridgehead atoms. The minimum atomic E-state index is -1.05. The quantitative estimate of drug-likeness (QED) is 0.716. The van der Waals surface area contributed by atoms with Gasteiger partial charge in [-0.25, -0.2) is 8.78 Å². The molecule has 34 heavy (non-hydrogen) atoms. The van der Waals surface area contributed by atoms with Crippen molar-refractivity contribution in [3.63, 3.8) is 0 Å². The van der Waals surface area contributed by atoms with E-state index in [4.69, 9.17) is 4.74 Å². The molecule has 2 N–H and O–H groups in total. The number of halogens is 2. The summed E-state index contributed by atoms with van der Waals surface area (Å²) >= 11 is 0. The average molecular weight is 471 g/mol. The summed E-state index contributed by atoms with van der Waals surface area (Å²) < 4.78 is 35.2. The highest BCUT2D eigenvalue weighted by atomic mass is 19.1. The molecule has 3 fully saturated rings. The molecule has 0 radical (unpaired) electrons. The maximum atomic E-state index is 14.4. The number of pyridine rings is 1. The fraction of sp³-hybridized carbons (Fsp3) is 0.458. The number of benzene rings is 1. The van der Waals surface area contributed by atoms with Crippen LogP contribution in [0.5, 0.6) is 5.75 Å². The molecule has 10 heteroatoms. The summed E-state index contributed by atoms with van der Waals surface area (Å²) in [7, 11) is 0. The lowest BCUT2D eigenvalue weighted by molar-refractivity contribution is -0.170. The van der Waals surface area contributed by atoms with E-state index in [2.05, 4.69) is 5.32 Å². The van der Waals surface area contributed by atoms with Crippen molar-refractivity contribution in [1.29, 1.82) is 0 Å². The van der Waals surface area contributed by atoms with Crippen molar-refractivity contribution in [3.8, 4) is 5.75 Å². The Balaban J connectivity index is 1.33. The fourth-order valence-corrected chi connectivity index (χ4v) is 5.67. The minimum Gasteiger partial charge on any atom is -0.503 e. The van der Waals surface area contributed by atoms with Gasteiger partial charge in [-0.2, -0.15) is 0 Å². The zero-order valence-electron chi connectivity index (χ0n) is 18.2. The molecule has 2 aromatic rings. The largest absolute Gasteiger partial charge is 0.503 e. The fourth-order valence-electron chi connectivity index (χ4n) is 5.67. The average Bonchev–Trinajstić information content (AvgIpc) is 3.55. The lowest BCUT2D eigenvalue weighted by Crippen LogP contribution is -2.61. The third-order valence-corrected chi connectivity index (χ3v) is 7.49. The van der Waals surface area contributed by atoms with E-state index in [9.17, 15) is 28.3 Å². The monoisotopic (exact) mass is 471 g/mol. The molecule has 3 heterocycles. The van der Waals surface area contributed by atoms with Gasteiger partial charge in [-0.1, -0.05) is 6.07 Å². The first-order valence-corrected chi connectivity index (χ1v) is 11.5. The normalized spacial score (nSPS) is 26.5. The van der Waals surface area contributed by atoms with E-state index in [1.54, 1.807) is 4.90 Å². The second kappa shape index (κ2) is 7.36. The Hall–Kier alpha value is -3.27. The zero-order chi connectivity index (χ0) is 23.8. The summed E-state index contributed by atoms with van der Waals surface area (Å²) in [5.41, 5.74) is -2.39. The predicted octanol–water partition coefficient (Wildman–Crippen LogP) is 2.37. The Labute approximate surface area is 193 Å². The first-order valence-electron chi connectivity index (χ1n) is 11.5. The van der Waals surface area contributed by atoms with Gasteiger partial charge in [0.1, 0.15) is 17.2 Å². The van der Waals surface area contributed by atoms with E-state index in [-0.39, 0.29) is 35.5 Å². The Morgan fingerprint density at radius 1 is 1.21 bits per heavy atom. The van der Waals surface area contributed by atoms with E-state index in [0.717, 1.165) is 37.8 Å². The van der Waals surface area contributed by atoms with Gasteiger partial charge in [0, 0.05) is 23.9 Å². The van der Waals surface area contributed by atoms with Crippen LogP contribution in [0.25, 0.3) is 0 Å². The van der Waals surface area contributed by atoms with Crippen molar-refractivity contribution in [1.82, 2.24) is 14.8 Å². The standard InChI is InChI=1S/C24H23F2N3O5/c25-12-4-5-16(17(26)8-12)24(6-7-24)27-22(32)15-10-28-11-18-29(13-2-1-3-14(9-13)34-18)23(33)19(28)21(31)20(15)30/h4-5,8,10,13-14,18,31H,1-3,6-7,9,11H2,(H,27,32)/t13-,14?,18?/m0/s1. The molecule has 2 amide bonds. The third-order valence-electron chi connectivity index (χ3n) is 7.49. The van der Waals surface area contributed by atoms with Gasteiger partial charge in [0.25, 0.3) is 11.8 Å². The van der Waals surface area contributed by atoms with E-state index in [0.29, 0.717) is 12.8 Å². The van der Waals surface area contributed by atoms with Crippen LogP contribution in [0.4, 0.5) is 8.78 Å². The third kappa shape index (κ3) is 3.15. The Morgan fingerprint density at radius 3 is 2.74 bits per heavy atom. The van der Waals surface area contributed by atoms with E-state index in [1.165, 1.54) is 16.8 Å². The van der Waals surface area contributed by atoms with Crippen molar-refractivity contribution in [2.45, 2.75) is 69.0 Å². The number of ether oxygens (including phenoxy) is 1. The van der Waals surface area contributed by atoms with Crippen molar-refractivity contribution < 1.29 is 28.2 Å². The van der Waals surface area contributed by atoms with Gasteiger partial charge in [-0.3, -0.25) is 14.4 Å². The second-order valence-corrected chi connectivity index (χ2v) is 9.63. The molecule has 0 spiro atoms. The highest BCUT2D eigenvalue weighted by Gasteiger charge is 2.49. The van der Waals surface area contributed by atoms with Gasteiger partial charge in [0.15, 0.2) is 17.7 Å². The number of carbonyl (C=O) groups is 2. The summed E-state index contributed by atoms with van der Waals surface area (Å²) in [5.74, 6) is -3.59. The Kier molecular flexibility index (Phi) is 4.61. The summed E-state index contributed by atoms with van der Waals surface area (Å²) in [6.45, 7) is 0.180. The number of aromatic hydroxyl groups is 1. The van der Waals surface area contributed by atoms with Crippen LogP contribution in [0.3, 0.4) is 0 Å². The predicted molar refractivity (Wildman–Crippen MR) is 114 cm³/mol. The topological polar surface area (TPSA) is 101 Å². The molecule has 1 aromatic heterocycles. The van der Waals surface area contributed by atoms with Crippen LogP contribution in [-0.2, 0) is 16.8 Å². The highest BCUT2D eigenvalue weighted by molar-refractivity contribution is 5.99. The summed E-state index contributed by atoms with van der Waals surface area (Å²) in [4.78, 5) is 40.8. The molecular weight excluding hydrogens is 448 g/mol. The molecule has 1 aromatic carbocycles.